The lowest BCUT2D eigenvalue weighted by atomic mass is 9.98. The summed E-state index contributed by atoms with van der Waals surface area (Å²) in [5.41, 5.74) is 4.09. The second-order valence-corrected chi connectivity index (χ2v) is 5.27. The predicted molar refractivity (Wildman–Crippen MR) is 93.9 cm³/mol. The van der Waals surface area contributed by atoms with Gasteiger partial charge in [-0.2, -0.15) is 0 Å². The SMILES string of the molecule is c1ccc(-c2ccc(-c3ncccn3)c(-c3ncccn3)c2)cc1. The van der Waals surface area contributed by atoms with Gasteiger partial charge in [0.1, 0.15) is 0 Å². The third kappa shape index (κ3) is 2.77. The Bertz CT molecular complexity index is 939. The van der Waals surface area contributed by atoms with Crippen molar-refractivity contribution in [2.75, 3.05) is 0 Å². The summed E-state index contributed by atoms with van der Waals surface area (Å²) in [4.78, 5) is 17.5. The van der Waals surface area contributed by atoms with Gasteiger partial charge in [0.15, 0.2) is 11.6 Å². The lowest BCUT2D eigenvalue weighted by Crippen LogP contribution is -1.95. The number of hydrogen-bond acceptors (Lipinski definition) is 4. The van der Waals surface area contributed by atoms with E-state index in [1.54, 1.807) is 30.9 Å². The van der Waals surface area contributed by atoms with Crippen LogP contribution in [0.2, 0.25) is 0 Å². The third-order valence-electron chi connectivity index (χ3n) is 3.74. The van der Waals surface area contributed by atoms with Crippen molar-refractivity contribution in [3.05, 3.63) is 85.5 Å². The summed E-state index contributed by atoms with van der Waals surface area (Å²) in [6, 6.07) is 20.1. The number of hydrogen-bond donors (Lipinski definition) is 0. The van der Waals surface area contributed by atoms with Crippen LogP contribution in [0.5, 0.6) is 0 Å². The molecular weight excluding hydrogens is 296 g/mol. The maximum absolute atomic E-state index is 4.40. The number of nitrogens with zero attached hydrogens (tertiary/aromatic N) is 4. The summed E-state index contributed by atoms with van der Waals surface area (Å²) in [5.74, 6) is 1.33. The van der Waals surface area contributed by atoms with Crippen molar-refractivity contribution >= 4 is 0 Å². The second kappa shape index (κ2) is 6.38. The average molecular weight is 310 g/mol. The minimum atomic E-state index is 0.665. The summed E-state index contributed by atoms with van der Waals surface area (Å²) < 4.78 is 0. The van der Waals surface area contributed by atoms with E-state index in [9.17, 15) is 0 Å². The first-order valence-corrected chi connectivity index (χ1v) is 7.66. The van der Waals surface area contributed by atoms with Crippen molar-refractivity contribution in [1.82, 2.24) is 19.9 Å². The average Bonchev–Trinajstić information content (AvgIpc) is 2.69. The van der Waals surface area contributed by atoms with Crippen molar-refractivity contribution in [2.45, 2.75) is 0 Å². The molecule has 0 aliphatic rings. The van der Waals surface area contributed by atoms with E-state index in [1.165, 1.54) is 0 Å². The fourth-order valence-electron chi connectivity index (χ4n) is 2.61. The standard InChI is InChI=1S/C20H14N4/c1-2-6-15(7-3-1)16-8-9-17(19-21-10-4-11-22-19)18(14-16)20-23-12-5-13-24-20/h1-14H. The first-order valence-electron chi connectivity index (χ1n) is 7.66. The van der Waals surface area contributed by atoms with E-state index in [0.717, 1.165) is 22.3 Å². The first-order chi connectivity index (χ1) is 11.9. The number of benzene rings is 2. The fraction of sp³-hybridized carbons (Fsp3) is 0. The lowest BCUT2D eigenvalue weighted by molar-refractivity contribution is 1.15. The molecule has 0 atom stereocenters. The van der Waals surface area contributed by atoms with Crippen LogP contribution in [-0.2, 0) is 0 Å². The summed E-state index contributed by atoms with van der Waals surface area (Å²) in [5, 5.41) is 0. The maximum Gasteiger partial charge on any atom is 0.159 e. The van der Waals surface area contributed by atoms with Gasteiger partial charge < -0.3 is 0 Å². The molecule has 4 nitrogen and oxygen atoms in total. The molecule has 4 rings (SSSR count). The Morgan fingerprint density at radius 3 is 1.67 bits per heavy atom. The molecule has 0 spiro atoms. The van der Waals surface area contributed by atoms with Crippen LogP contribution < -0.4 is 0 Å². The molecule has 114 valence electrons. The molecule has 0 aliphatic heterocycles. The van der Waals surface area contributed by atoms with Crippen molar-refractivity contribution in [2.24, 2.45) is 0 Å². The Morgan fingerprint density at radius 1 is 0.458 bits per heavy atom. The molecular formula is C20H14N4. The zero-order valence-corrected chi connectivity index (χ0v) is 12.9. The molecule has 0 radical (unpaired) electrons. The molecule has 2 aromatic carbocycles. The normalized spacial score (nSPS) is 10.5. The Balaban J connectivity index is 1.92. The summed E-state index contributed by atoms with van der Waals surface area (Å²) >= 11 is 0. The van der Waals surface area contributed by atoms with Gasteiger partial charge in [0, 0.05) is 35.9 Å². The molecule has 0 saturated carbocycles. The molecule has 0 fully saturated rings. The highest BCUT2D eigenvalue weighted by Crippen LogP contribution is 2.32. The van der Waals surface area contributed by atoms with Crippen LogP contribution >= 0.6 is 0 Å². The molecule has 2 aromatic heterocycles. The molecule has 4 heteroatoms. The monoisotopic (exact) mass is 310 g/mol. The van der Waals surface area contributed by atoms with E-state index in [0.29, 0.717) is 11.6 Å². The van der Waals surface area contributed by atoms with E-state index in [4.69, 9.17) is 0 Å². The maximum atomic E-state index is 4.40. The topological polar surface area (TPSA) is 51.6 Å². The van der Waals surface area contributed by atoms with Crippen LogP contribution in [0.4, 0.5) is 0 Å². The van der Waals surface area contributed by atoms with E-state index in [-0.39, 0.29) is 0 Å². The second-order valence-electron chi connectivity index (χ2n) is 5.27. The van der Waals surface area contributed by atoms with Crippen LogP contribution in [0.25, 0.3) is 33.9 Å². The van der Waals surface area contributed by atoms with Gasteiger partial charge in [-0.05, 0) is 35.4 Å². The molecule has 0 aliphatic carbocycles. The van der Waals surface area contributed by atoms with Crippen molar-refractivity contribution < 1.29 is 0 Å². The van der Waals surface area contributed by atoms with E-state index >= 15 is 0 Å². The van der Waals surface area contributed by atoms with Gasteiger partial charge in [0.05, 0.1) is 0 Å². The summed E-state index contributed by atoms with van der Waals surface area (Å²) in [6.45, 7) is 0. The highest BCUT2D eigenvalue weighted by molar-refractivity contribution is 5.82. The first kappa shape index (κ1) is 14.2. The highest BCUT2D eigenvalue weighted by Gasteiger charge is 2.13. The Labute approximate surface area is 139 Å². The van der Waals surface area contributed by atoms with Crippen molar-refractivity contribution in [3.8, 4) is 33.9 Å². The molecule has 4 aromatic rings. The zero-order chi connectivity index (χ0) is 16.2. The Hall–Kier alpha value is -3.40. The van der Waals surface area contributed by atoms with Gasteiger partial charge in [-0.3, -0.25) is 0 Å². The number of rotatable bonds is 3. The molecule has 24 heavy (non-hydrogen) atoms. The highest BCUT2D eigenvalue weighted by atomic mass is 14.9. The van der Waals surface area contributed by atoms with E-state index < -0.39 is 0 Å². The van der Waals surface area contributed by atoms with E-state index in [1.807, 2.05) is 30.3 Å². The van der Waals surface area contributed by atoms with Crippen LogP contribution in [0, 0.1) is 0 Å². The van der Waals surface area contributed by atoms with Crippen LogP contribution in [0.1, 0.15) is 0 Å². The quantitative estimate of drug-likeness (QED) is 0.567. The van der Waals surface area contributed by atoms with Crippen LogP contribution in [0.15, 0.2) is 85.5 Å². The molecule has 0 saturated heterocycles. The summed E-state index contributed by atoms with van der Waals surface area (Å²) in [7, 11) is 0. The van der Waals surface area contributed by atoms with Crippen molar-refractivity contribution in [1.29, 1.82) is 0 Å². The molecule has 0 N–H and O–H groups in total. The largest absolute Gasteiger partial charge is 0.237 e. The predicted octanol–water partition coefficient (Wildman–Crippen LogP) is 4.27. The van der Waals surface area contributed by atoms with Gasteiger partial charge in [-0.25, -0.2) is 19.9 Å². The molecule has 0 amide bonds. The van der Waals surface area contributed by atoms with Gasteiger partial charge in [-0.1, -0.05) is 36.4 Å². The van der Waals surface area contributed by atoms with Crippen LogP contribution in [-0.4, -0.2) is 19.9 Å². The number of aromatic nitrogens is 4. The van der Waals surface area contributed by atoms with Crippen LogP contribution in [0.3, 0.4) is 0 Å². The Morgan fingerprint density at radius 2 is 1.04 bits per heavy atom. The minimum absolute atomic E-state index is 0.665. The van der Waals surface area contributed by atoms with Gasteiger partial charge in [-0.15, -0.1) is 0 Å². The zero-order valence-electron chi connectivity index (χ0n) is 12.9. The van der Waals surface area contributed by atoms with Gasteiger partial charge in [0.25, 0.3) is 0 Å². The Kier molecular flexibility index (Phi) is 3.78. The smallest absolute Gasteiger partial charge is 0.159 e. The van der Waals surface area contributed by atoms with Gasteiger partial charge in [0.2, 0.25) is 0 Å². The lowest BCUT2D eigenvalue weighted by Gasteiger charge is -2.10. The molecule has 0 bridgehead atoms. The third-order valence-corrected chi connectivity index (χ3v) is 3.74. The fourth-order valence-corrected chi connectivity index (χ4v) is 2.61. The molecule has 0 unspecified atom stereocenters. The summed E-state index contributed by atoms with van der Waals surface area (Å²) in [6.07, 6.45) is 6.96. The van der Waals surface area contributed by atoms with Gasteiger partial charge >= 0.3 is 0 Å². The van der Waals surface area contributed by atoms with Crippen molar-refractivity contribution in [3.63, 3.8) is 0 Å². The molecule has 2 heterocycles. The minimum Gasteiger partial charge on any atom is -0.237 e. The van der Waals surface area contributed by atoms with E-state index in [2.05, 4.69) is 44.2 Å².